The third-order valence-electron chi connectivity index (χ3n) is 3.83. The summed E-state index contributed by atoms with van der Waals surface area (Å²) in [7, 11) is 3.09. The van der Waals surface area contributed by atoms with Gasteiger partial charge in [0.1, 0.15) is 0 Å². The molecule has 19 heavy (non-hydrogen) atoms. The van der Waals surface area contributed by atoms with Crippen molar-refractivity contribution in [2.75, 3.05) is 14.2 Å². The number of nitrogens with two attached hydrogens (primary N) is 1. The van der Waals surface area contributed by atoms with Crippen LogP contribution in [0.25, 0.3) is 0 Å². The Labute approximate surface area is 121 Å². The quantitative estimate of drug-likeness (QED) is 0.869. The van der Waals surface area contributed by atoms with Crippen LogP contribution in [0.4, 0.5) is 0 Å². The highest BCUT2D eigenvalue weighted by Gasteiger charge is 2.60. The fraction of sp³-hybridized carbons (Fsp3) is 0.462. The van der Waals surface area contributed by atoms with Crippen molar-refractivity contribution in [3.8, 4) is 0 Å². The first-order valence-electron chi connectivity index (χ1n) is 5.75. The van der Waals surface area contributed by atoms with Gasteiger partial charge in [-0.05, 0) is 17.7 Å². The molecule has 6 heteroatoms. The first kappa shape index (κ1) is 14.6. The normalized spacial score (nSPS) is 19.8. The lowest BCUT2D eigenvalue weighted by atomic mass is 9.60. The minimum Gasteiger partial charge on any atom is -0.369 e. The van der Waals surface area contributed by atoms with Crippen LogP contribution in [0.5, 0.6) is 0 Å². The molecule has 2 rings (SSSR count). The molecular formula is C13H15Cl2NO3. The number of benzene rings is 1. The van der Waals surface area contributed by atoms with E-state index >= 15 is 0 Å². The highest BCUT2D eigenvalue weighted by atomic mass is 35.5. The Hall–Kier alpha value is -0.810. The lowest BCUT2D eigenvalue weighted by molar-refractivity contribution is -0.274. The average molecular weight is 304 g/mol. The number of hydrogen-bond donors (Lipinski definition) is 1. The summed E-state index contributed by atoms with van der Waals surface area (Å²) in [4.78, 5) is 11.9. The maximum atomic E-state index is 11.9. The summed E-state index contributed by atoms with van der Waals surface area (Å²) in [5.74, 6) is -1.18. The molecule has 0 atom stereocenters. The summed E-state index contributed by atoms with van der Waals surface area (Å²) in [5, 5.41) is 0.834. The van der Waals surface area contributed by atoms with E-state index in [1.807, 2.05) is 0 Å². The fourth-order valence-electron chi connectivity index (χ4n) is 2.55. The zero-order valence-electron chi connectivity index (χ0n) is 10.7. The van der Waals surface area contributed by atoms with E-state index < -0.39 is 17.1 Å². The second-order valence-electron chi connectivity index (χ2n) is 4.75. The molecule has 0 heterocycles. The van der Waals surface area contributed by atoms with Gasteiger partial charge in [-0.15, -0.1) is 0 Å². The lowest BCUT2D eigenvalue weighted by Crippen LogP contribution is -2.62. The smallest absolute Gasteiger partial charge is 0.228 e. The van der Waals surface area contributed by atoms with Gasteiger partial charge in [-0.25, -0.2) is 0 Å². The van der Waals surface area contributed by atoms with Crippen molar-refractivity contribution in [3.05, 3.63) is 33.8 Å². The molecule has 1 aromatic carbocycles. The number of methoxy groups -OCH3 is 2. The molecule has 0 radical (unpaired) electrons. The van der Waals surface area contributed by atoms with Gasteiger partial charge in [-0.3, -0.25) is 4.79 Å². The molecule has 0 spiro atoms. The average Bonchev–Trinajstić information content (AvgIpc) is 2.33. The number of carbonyl (C=O) groups excluding carboxylic acids is 1. The van der Waals surface area contributed by atoms with Crippen molar-refractivity contribution < 1.29 is 14.3 Å². The molecule has 1 amide bonds. The molecule has 0 bridgehead atoms. The Morgan fingerprint density at radius 3 is 2.21 bits per heavy atom. The van der Waals surface area contributed by atoms with Crippen LogP contribution in [-0.2, 0) is 19.7 Å². The standard InChI is InChI=1S/C13H15Cl2NO3/c1-18-13(19-2)6-12(7-13,11(16)17)8-3-4-9(14)10(15)5-8/h3-5H,6-7H2,1-2H3,(H2,16,17). The summed E-state index contributed by atoms with van der Waals surface area (Å²) in [6.07, 6.45) is 0.723. The molecular weight excluding hydrogens is 289 g/mol. The van der Waals surface area contributed by atoms with Crippen molar-refractivity contribution in [2.45, 2.75) is 24.0 Å². The summed E-state index contributed by atoms with van der Waals surface area (Å²) in [6, 6.07) is 5.08. The molecule has 1 aromatic rings. The van der Waals surface area contributed by atoms with Crippen molar-refractivity contribution in [2.24, 2.45) is 5.73 Å². The number of halogens is 2. The van der Waals surface area contributed by atoms with Crippen molar-refractivity contribution >= 4 is 29.1 Å². The van der Waals surface area contributed by atoms with Crippen LogP contribution in [0.2, 0.25) is 10.0 Å². The van der Waals surface area contributed by atoms with Gasteiger partial charge in [0.25, 0.3) is 0 Å². The number of hydrogen-bond acceptors (Lipinski definition) is 3. The predicted molar refractivity (Wildman–Crippen MR) is 73.3 cm³/mol. The molecule has 104 valence electrons. The molecule has 0 saturated heterocycles. The number of carbonyl (C=O) groups is 1. The Morgan fingerprint density at radius 1 is 1.21 bits per heavy atom. The summed E-state index contributed by atoms with van der Waals surface area (Å²) < 4.78 is 10.6. The van der Waals surface area contributed by atoms with Gasteiger partial charge in [0.2, 0.25) is 5.91 Å². The highest BCUT2D eigenvalue weighted by molar-refractivity contribution is 6.42. The molecule has 2 N–H and O–H groups in total. The first-order chi connectivity index (χ1) is 8.89. The van der Waals surface area contributed by atoms with Crippen LogP contribution >= 0.6 is 23.2 Å². The second kappa shape index (κ2) is 4.94. The predicted octanol–water partition coefficient (Wildman–Crippen LogP) is 2.50. The first-order valence-corrected chi connectivity index (χ1v) is 6.50. The van der Waals surface area contributed by atoms with E-state index in [9.17, 15) is 4.79 Å². The van der Waals surface area contributed by atoms with Gasteiger partial charge in [-0.1, -0.05) is 29.3 Å². The van der Waals surface area contributed by atoms with E-state index in [1.54, 1.807) is 32.4 Å². The lowest BCUT2D eigenvalue weighted by Gasteiger charge is -2.52. The topological polar surface area (TPSA) is 61.6 Å². The molecule has 1 fully saturated rings. The van der Waals surface area contributed by atoms with E-state index in [4.69, 9.17) is 38.4 Å². The zero-order chi connectivity index (χ0) is 14.3. The maximum Gasteiger partial charge on any atom is 0.228 e. The Kier molecular flexibility index (Phi) is 3.80. The van der Waals surface area contributed by atoms with Crippen LogP contribution in [0.15, 0.2) is 18.2 Å². The van der Waals surface area contributed by atoms with E-state index in [2.05, 4.69) is 0 Å². The van der Waals surface area contributed by atoms with Crippen LogP contribution in [0.1, 0.15) is 18.4 Å². The molecule has 1 saturated carbocycles. The number of rotatable bonds is 4. The zero-order valence-corrected chi connectivity index (χ0v) is 12.2. The van der Waals surface area contributed by atoms with Crippen molar-refractivity contribution in [1.82, 2.24) is 0 Å². The van der Waals surface area contributed by atoms with Gasteiger partial charge < -0.3 is 15.2 Å². The van der Waals surface area contributed by atoms with E-state index in [0.29, 0.717) is 22.9 Å². The largest absolute Gasteiger partial charge is 0.369 e. The van der Waals surface area contributed by atoms with Gasteiger partial charge in [0.05, 0.1) is 15.5 Å². The minimum atomic E-state index is -0.819. The van der Waals surface area contributed by atoms with Crippen LogP contribution in [-0.4, -0.2) is 25.9 Å². The Morgan fingerprint density at radius 2 is 1.79 bits per heavy atom. The molecule has 0 unspecified atom stereocenters. The van der Waals surface area contributed by atoms with Gasteiger partial charge in [0.15, 0.2) is 5.79 Å². The van der Waals surface area contributed by atoms with E-state index in [0.717, 1.165) is 5.56 Å². The van der Waals surface area contributed by atoms with Crippen LogP contribution in [0, 0.1) is 0 Å². The maximum absolute atomic E-state index is 11.9. The van der Waals surface area contributed by atoms with Gasteiger partial charge in [0, 0.05) is 27.1 Å². The van der Waals surface area contributed by atoms with Crippen LogP contribution in [0.3, 0.4) is 0 Å². The number of ether oxygens (including phenoxy) is 2. The van der Waals surface area contributed by atoms with E-state index in [1.165, 1.54) is 0 Å². The molecule has 4 nitrogen and oxygen atoms in total. The highest BCUT2D eigenvalue weighted by Crippen LogP contribution is 2.52. The van der Waals surface area contributed by atoms with Crippen molar-refractivity contribution in [1.29, 1.82) is 0 Å². The Bertz CT molecular complexity index is 507. The SMILES string of the molecule is COC1(OC)CC(C(N)=O)(c2ccc(Cl)c(Cl)c2)C1. The molecule has 0 aliphatic heterocycles. The summed E-state index contributed by atoms with van der Waals surface area (Å²) in [6.45, 7) is 0. The summed E-state index contributed by atoms with van der Waals surface area (Å²) in [5.41, 5.74) is 5.47. The number of amides is 1. The van der Waals surface area contributed by atoms with E-state index in [-0.39, 0.29) is 0 Å². The molecule has 0 aromatic heterocycles. The third kappa shape index (κ3) is 2.23. The van der Waals surface area contributed by atoms with Gasteiger partial charge in [-0.2, -0.15) is 0 Å². The monoisotopic (exact) mass is 303 g/mol. The Balaban J connectivity index is 2.38. The van der Waals surface area contributed by atoms with Crippen molar-refractivity contribution in [3.63, 3.8) is 0 Å². The van der Waals surface area contributed by atoms with Gasteiger partial charge >= 0.3 is 0 Å². The van der Waals surface area contributed by atoms with Crippen LogP contribution < -0.4 is 5.73 Å². The molecule has 1 aliphatic rings. The second-order valence-corrected chi connectivity index (χ2v) is 5.56. The molecule has 1 aliphatic carbocycles. The number of primary amides is 1. The summed E-state index contributed by atoms with van der Waals surface area (Å²) >= 11 is 11.9. The fourth-order valence-corrected chi connectivity index (χ4v) is 2.85. The minimum absolute atomic E-state index is 0.361. The third-order valence-corrected chi connectivity index (χ3v) is 4.57.